The van der Waals surface area contributed by atoms with Gasteiger partial charge in [-0.25, -0.2) is 0 Å². The minimum Gasteiger partial charge on any atom is -0.503 e. The Labute approximate surface area is 76.5 Å². The van der Waals surface area contributed by atoms with Gasteiger partial charge in [-0.15, -0.1) is 0 Å². The number of carbonyl (C=O) groups is 1. The summed E-state index contributed by atoms with van der Waals surface area (Å²) in [4.78, 5) is 13.2. The Kier molecular flexibility index (Phi) is 1.63. The van der Waals surface area contributed by atoms with Crippen LogP contribution in [0.5, 0.6) is 0 Å². The van der Waals surface area contributed by atoms with Crippen LogP contribution in [0, 0.1) is 0 Å². The topological polar surface area (TPSA) is 60.8 Å². The number of aliphatic hydroxyl groups excluding tert-OH is 1. The lowest BCUT2D eigenvalue weighted by atomic mass is 10.0. The Morgan fingerprint density at radius 3 is 2.38 bits per heavy atom. The van der Waals surface area contributed by atoms with E-state index in [4.69, 9.17) is 0 Å². The van der Waals surface area contributed by atoms with Crippen molar-refractivity contribution in [2.75, 3.05) is 13.1 Å². The Morgan fingerprint density at radius 1 is 1.46 bits per heavy atom. The van der Waals surface area contributed by atoms with E-state index in [0.29, 0.717) is 5.70 Å². The molecule has 2 rings (SSSR count). The van der Waals surface area contributed by atoms with Gasteiger partial charge in [-0.05, 0) is 13.3 Å². The summed E-state index contributed by atoms with van der Waals surface area (Å²) in [7, 11) is 0. The number of hydrogen-bond acceptors (Lipinski definition) is 4. The molecule has 0 spiro atoms. The summed E-state index contributed by atoms with van der Waals surface area (Å²) in [6.07, 6.45) is 1.34. The zero-order valence-electron chi connectivity index (χ0n) is 7.58. The largest absolute Gasteiger partial charge is 0.503 e. The van der Waals surface area contributed by atoms with Gasteiger partial charge in [0.15, 0.2) is 5.76 Å². The second-order valence-electron chi connectivity index (χ2n) is 3.92. The number of carbonyl (C=O) groups excluding carboxylic acids is 1. The van der Waals surface area contributed by atoms with Crippen molar-refractivity contribution >= 4 is 5.78 Å². The molecule has 4 nitrogen and oxygen atoms in total. The zero-order valence-corrected chi connectivity index (χ0v) is 7.58. The molecule has 72 valence electrons. The first-order valence-corrected chi connectivity index (χ1v) is 4.46. The van der Waals surface area contributed by atoms with Gasteiger partial charge in [0.25, 0.3) is 0 Å². The fourth-order valence-corrected chi connectivity index (χ4v) is 1.72. The highest BCUT2D eigenvalue weighted by Crippen LogP contribution is 2.34. The highest BCUT2D eigenvalue weighted by atomic mass is 16.3. The summed E-state index contributed by atoms with van der Waals surface area (Å²) in [6, 6.07) is 0. The maximum absolute atomic E-state index is 11.3. The second-order valence-corrected chi connectivity index (χ2v) is 3.92. The third-order valence-corrected chi connectivity index (χ3v) is 2.73. The number of hydrogen-bond donors (Lipinski definition) is 2. The highest BCUT2D eigenvalue weighted by Gasteiger charge is 2.44. The molecule has 1 unspecified atom stereocenters. The minimum absolute atomic E-state index is 0.246. The summed E-state index contributed by atoms with van der Waals surface area (Å²) >= 11 is 0. The molecular weight excluding hydrogens is 170 g/mol. The van der Waals surface area contributed by atoms with E-state index in [0.717, 1.165) is 19.5 Å². The Balaban J connectivity index is 2.24. The van der Waals surface area contributed by atoms with Gasteiger partial charge in [-0.2, -0.15) is 0 Å². The third-order valence-electron chi connectivity index (χ3n) is 2.73. The average Bonchev–Trinajstić information content (AvgIpc) is 2.11. The van der Waals surface area contributed by atoms with Gasteiger partial charge in [0.2, 0.25) is 5.78 Å². The molecule has 4 heteroatoms. The van der Waals surface area contributed by atoms with Crippen LogP contribution in [0.2, 0.25) is 0 Å². The smallest absolute Gasteiger partial charge is 0.230 e. The number of nitrogens with zero attached hydrogens (tertiary/aromatic N) is 1. The number of aliphatic hydroxyl groups is 2. The van der Waals surface area contributed by atoms with Gasteiger partial charge in [-0.1, -0.05) is 0 Å². The highest BCUT2D eigenvalue weighted by molar-refractivity contribution is 6.02. The predicted octanol–water partition coefficient (Wildman–Crippen LogP) is 0.185. The number of likely N-dealkylation sites (tertiary alicyclic amines) is 1. The van der Waals surface area contributed by atoms with Gasteiger partial charge in [-0.3, -0.25) is 4.79 Å². The predicted molar refractivity (Wildman–Crippen MR) is 46.1 cm³/mol. The first kappa shape index (κ1) is 8.56. The molecular formula is C9H13NO3. The number of ketones is 1. The maximum atomic E-state index is 11.3. The summed E-state index contributed by atoms with van der Waals surface area (Å²) in [6.45, 7) is 3.20. The molecule has 1 fully saturated rings. The van der Waals surface area contributed by atoms with Crippen LogP contribution in [0.1, 0.15) is 19.8 Å². The van der Waals surface area contributed by atoms with E-state index in [1.54, 1.807) is 0 Å². The quantitative estimate of drug-likeness (QED) is 0.609. The van der Waals surface area contributed by atoms with Gasteiger partial charge in [0.1, 0.15) is 5.60 Å². The van der Waals surface area contributed by atoms with E-state index in [1.165, 1.54) is 6.92 Å². The van der Waals surface area contributed by atoms with E-state index in [9.17, 15) is 15.0 Å². The fraction of sp³-hybridized carbons (Fsp3) is 0.667. The van der Waals surface area contributed by atoms with E-state index in [2.05, 4.69) is 0 Å². The molecule has 0 aromatic heterocycles. The third kappa shape index (κ3) is 1.13. The standard InChI is InChI=1S/C9H13NO3/c1-9(13)5-6(7(11)8(9)12)10-3-2-4-10/h11,13H,2-5H2,1H3. The van der Waals surface area contributed by atoms with Gasteiger partial charge in [0.05, 0.1) is 5.70 Å². The summed E-state index contributed by atoms with van der Waals surface area (Å²) in [5, 5.41) is 19.1. The SMILES string of the molecule is CC1(O)CC(N2CCC2)=C(O)C1=O. The van der Waals surface area contributed by atoms with Crippen LogP contribution in [0.25, 0.3) is 0 Å². The zero-order chi connectivity index (χ0) is 9.64. The molecule has 0 radical (unpaired) electrons. The Morgan fingerprint density at radius 2 is 2.08 bits per heavy atom. The van der Waals surface area contributed by atoms with Crippen molar-refractivity contribution in [1.82, 2.24) is 4.90 Å². The molecule has 0 saturated carbocycles. The van der Waals surface area contributed by atoms with E-state index in [-0.39, 0.29) is 12.2 Å². The molecule has 1 aliphatic carbocycles. The molecule has 0 aromatic rings. The normalized spacial score (nSPS) is 34.0. The van der Waals surface area contributed by atoms with E-state index in [1.807, 2.05) is 4.90 Å². The molecule has 0 amide bonds. The van der Waals surface area contributed by atoms with Gasteiger partial charge < -0.3 is 15.1 Å². The minimum atomic E-state index is -1.39. The summed E-state index contributed by atoms with van der Waals surface area (Å²) in [5.41, 5.74) is -0.782. The molecule has 1 heterocycles. The van der Waals surface area contributed by atoms with Crippen LogP contribution >= 0.6 is 0 Å². The van der Waals surface area contributed by atoms with E-state index >= 15 is 0 Å². The number of rotatable bonds is 1. The van der Waals surface area contributed by atoms with Crippen molar-refractivity contribution in [1.29, 1.82) is 0 Å². The summed E-state index contributed by atoms with van der Waals surface area (Å²) < 4.78 is 0. The average molecular weight is 183 g/mol. The van der Waals surface area contributed by atoms with Crippen molar-refractivity contribution in [3.8, 4) is 0 Å². The van der Waals surface area contributed by atoms with Crippen LogP contribution < -0.4 is 0 Å². The monoisotopic (exact) mass is 183 g/mol. The molecule has 1 saturated heterocycles. The first-order chi connectivity index (χ1) is 6.02. The van der Waals surface area contributed by atoms with Crippen molar-refractivity contribution in [2.24, 2.45) is 0 Å². The lowest BCUT2D eigenvalue weighted by molar-refractivity contribution is -0.132. The summed E-state index contributed by atoms with van der Waals surface area (Å²) in [5.74, 6) is -0.792. The number of Topliss-reactive ketones (excluding diaryl/α,β-unsaturated/α-hetero) is 1. The van der Waals surface area contributed by atoms with Crippen molar-refractivity contribution in [2.45, 2.75) is 25.4 Å². The lowest BCUT2D eigenvalue weighted by Gasteiger charge is -2.34. The van der Waals surface area contributed by atoms with E-state index < -0.39 is 11.4 Å². The fourth-order valence-electron chi connectivity index (χ4n) is 1.72. The molecule has 1 atom stereocenters. The second kappa shape index (κ2) is 2.48. The van der Waals surface area contributed by atoms with Crippen molar-refractivity contribution < 1.29 is 15.0 Å². The van der Waals surface area contributed by atoms with Crippen LogP contribution in [-0.4, -0.2) is 39.6 Å². The lowest BCUT2D eigenvalue weighted by Crippen LogP contribution is -2.37. The maximum Gasteiger partial charge on any atom is 0.230 e. The first-order valence-electron chi connectivity index (χ1n) is 4.46. The molecule has 0 bridgehead atoms. The van der Waals surface area contributed by atoms with Crippen LogP contribution in [0.15, 0.2) is 11.5 Å². The van der Waals surface area contributed by atoms with Crippen molar-refractivity contribution in [3.05, 3.63) is 11.5 Å². The van der Waals surface area contributed by atoms with Crippen molar-refractivity contribution in [3.63, 3.8) is 0 Å². The Bertz CT molecular complexity index is 289. The molecule has 1 aliphatic heterocycles. The molecule has 13 heavy (non-hydrogen) atoms. The van der Waals surface area contributed by atoms with Crippen LogP contribution in [0.3, 0.4) is 0 Å². The molecule has 2 aliphatic rings. The van der Waals surface area contributed by atoms with Gasteiger partial charge >= 0.3 is 0 Å². The van der Waals surface area contributed by atoms with Crippen LogP contribution in [0.4, 0.5) is 0 Å². The van der Waals surface area contributed by atoms with Gasteiger partial charge in [0, 0.05) is 19.5 Å². The molecule has 0 aromatic carbocycles. The van der Waals surface area contributed by atoms with Crippen LogP contribution in [-0.2, 0) is 4.79 Å². The molecule has 2 N–H and O–H groups in total. The Hall–Kier alpha value is -1.03.